The lowest BCUT2D eigenvalue weighted by atomic mass is 10.2. The van der Waals surface area contributed by atoms with Gasteiger partial charge in [-0.25, -0.2) is 0 Å². The van der Waals surface area contributed by atoms with E-state index >= 15 is 0 Å². The number of thiophene rings is 1. The van der Waals surface area contributed by atoms with Gasteiger partial charge in [0, 0.05) is 11.1 Å². The molecule has 0 unspecified atom stereocenters. The van der Waals surface area contributed by atoms with E-state index in [9.17, 15) is 0 Å². The molecule has 14 heavy (non-hydrogen) atoms. The van der Waals surface area contributed by atoms with Gasteiger partial charge < -0.3 is 0 Å². The molecule has 0 radical (unpaired) electrons. The van der Waals surface area contributed by atoms with Crippen molar-refractivity contribution in [3.8, 4) is 0 Å². The van der Waals surface area contributed by atoms with Crippen LogP contribution in [-0.4, -0.2) is 6.21 Å². The van der Waals surface area contributed by atoms with Crippen LogP contribution in [0.2, 0.25) is 0 Å². The summed E-state index contributed by atoms with van der Waals surface area (Å²) in [4.78, 5) is 5.58. The second kappa shape index (κ2) is 4.20. The lowest BCUT2D eigenvalue weighted by Crippen LogP contribution is -1.73. The van der Waals surface area contributed by atoms with Crippen molar-refractivity contribution in [2.24, 2.45) is 4.99 Å². The van der Waals surface area contributed by atoms with Crippen LogP contribution in [0.5, 0.6) is 0 Å². The quantitative estimate of drug-likeness (QED) is 0.655. The van der Waals surface area contributed by atoms with E-state index in [0.717, 1.165) is 5.69 Å². The Balaban J connectivity index is 2.18. The summed E-state index contributed by atoms with van der Waals surface area (Å²) in [7, 11) is 0. The number of aryl methyl sites for hydroxylation is 1. The van der Waals surface area contributed by atoms with Gasteiger partial charge in [-0.05, 0) is 36.1 Å². The van der Waals surface area contributed by atoms with E-state index in [1.807, 2.05) is 24.4 Å². The summed E-state index contributed by atoms with van der Waals surface area (Å²) in [6, 6.07) is 12.3. The van der Waals surface area contributed by atoms with Crippen LogP contribution in [0.1, 0.15) is 10.4 Å². The van der Waals surface area contributed by atoms with E-state index in [1.165, 1.54) is 10.4 Å². The van der Waals surface area contributed by atoms with Crippen LogP contribution in [0, 0.1) is 6.92 Å². The molecule has 1 aromatic carbocycles. The first-order chi connectivity index (χ1) is 6.84. The fourth-order valence-electron chi connectivity index (χ4n) is 1.21. The fraction of sp³-hybridized carbons (Fsp3) is 0.0833. The van der Waals surface area contributed by atoms with Gasteiger partial charge in [0.1, 0.15) is 0 Å². The van der Waals surface area contributed by atoms with Crippen molar-refractivity contribution in [2.75, 3.05) is 0 Å². The first-order valence-corrected chi connectivity index (χ1v) is 5.37. The second-order valence-corrected chi connectivity index (χ2v) is 4.09. The fourth-order valence-corrected chi connectivity index (χ4v) is 1.80. The molecule has 70 valence electrons. The number of hydrogen-bond donors (Lipinski definition) is 0. The van der Waals surface area contributed by atoms with Crippen LogP contribution in [0.15, 0.2) is 46.8 Å². The summed E-state index contributed by atoms with van der Waals surface area (Å²) in [6.07, 6.45) is 1.90. The van der Waals surface area contributed by atoms with E-state index < -0.39 is 0 Å². The Morgan fingerprint density at radius 2 is 2.14 bits per heavy atom. The minimum atomic E-state index is 1.01. The normalized spacial score (nSPS) is 10.9. The number of benzene rings is 1. The highest BCUT2D eigenvalue weighted by Gasteiger charge is 1.89. The van der Waals surface area contributed by atoms with Gasteiger partial charge >= 0.3 is 0 Å². The number of aliphatic imine (C=N–C) groups is 1. The minimum Gasteiger partial charge on any atom is -0.255 e. The predicted molar refractivity (Wildman–Crippen MR) is 62.8 cm³/mol. The van der Waals surface area contributed by atoms with Gasteiger partial charge in [0.05, 0.1) is 5.69 Å². The Morgan fingerprint density at radius 3 is 2.86 bits per heavy atom. The lowest BCUT2D eigenvalue weighted by Gasteiger charge is -1.94. The Bertz CT molecular complexity index is 429. The molecule has 0 aliphatic rings. The Kier molecular flexibility index (Phi) is 2.75. The molecule has 0 saturated heterocycles. The van der Waals surface area contributed by atoms with E-state index in [-0.39, 0.29) is 0 Å². The molecule has 0 saturated carbocycles. The standard InChI is InChI=1S/C12H11NS/c1-10-4-2-5-11(8-10)13-9-12-6-3-7-14-12/h2-9H,1H3. The van der Waals surface area contributed by atoms with Crippen LogP contribution in [0.4, 0.5) is 5.69 Å². The van der Waals surface area contributed by atoms with E-state index in [2.05, 4.69) is 35.5 Å². The lowest BCUT2D eigenvalue weighted by molar-refractivity contribution is 1.43. The Labute approximate surface area is 87.8 Å². The summed E-state index contributed by atoms with van der Waals surface area (Å²) >= 11 is 1.70. The van der Waals surface area contributed by atoms with Crippen molar-refractivity contribution < 1.29 is 0 Å². The molecule has 2 heteroatoms. The average molecular weight is 201 g/mol. The summed E-state index contributed by atoms with van der Waals surface area (Å²) < 4.78 is 0. The van der Waals surface area contributed by atoms with Crippen molar-refractivity contribution in [1.29, 1.82) is 0 Å². The summed E-state index contributed by atoms with van der Waals surface area (Å²) in [5.74, 6) is 0. The molecule has 2 rings (SSSR count). The highest BCUT2D eigenvalue weighted by atomic mass is 32.1. The molecule has 0 bridgehead atoms. The van der Waals surface area contributed by atoms with Crippen molar-refractivity contribution in [3.63, 3.8) is 0 Å². The SMILES string of the molecule is Cc1cccc(N=Cc2cccs2)c1. The van der Waals surface area contributed by atoms with Gasteiger partial charge in [0.15, 0.2) is 0 Å². The molecule has 0 aliphatic heterocycles. The van der Waals surface area contributed by atoms with Gasteiger partial charge in [-0.1, -0.05) is 18.2 Å². The highest BCUT2D eigenvalue weighted by Crippen LogP contribution is 2.14. The summed E-state index contributed by atoms with van der Waals surface area (Å²) in [6.45, 7) is 2.07. The molecule has 0 N–H and O–H groups in total. The Morgan fingerprint density at radius 1 is 1.21 bits per heavy atom. The van der Waals surface area contributed by atoms with Gasteiger partial charge in [-0.15, -0.1) is 11.3 Å². The maximum absolute atomic E-state index is 4.39. The largest absolute Gasteiger partial charge is 0.255 e. The van der Waals surface area contributed by atoms with Crippen LogP contribution < -0.4 is 0 Å². The molecule has 0 aliphatic carbocycles. The van der Waals surface area contributed by atoms with E-state index in [4.69, 9.17) is 0 Å². The molecular weight excluding hydrogens is 190 g/mol. The third-order valence-electron chi connectivity index (χ3n) is 1.89. The van der Waals surface area contributed by atoms with Crippen LogP contribution in [-0.2, 0) is 0 Å². The highest BCUT2D eigenvalue weighted by molar-refractivity contribution is 7.11. The third-order valence-corrected chi connectivity index (χ3v) is 2.69. The van der Waals surface area contributed by atoms with Crippen LogP contribution in [0.25, 0.3) is 0 Å². The monoisotopic (exact) mass is 201 g/mol. The van der Waals surface area contributed by atoms with Crippen molar-refractivity contribution in [1.82, 2.24) is 0 Å². The van der Waals surface area contributed by atoms with Crippen molar-refractivity contribution in [2.45, 2.75) is 6.92 Å². The number of rotatable bonds is 2. The molecule has 0 atom stereocenters. The van der Waals surface area contributed by atoms with Crippen LogP contribution >= 0.6 is 11.3 Å². The second-order valence-electron chi connectivity index (χ2n) is 3.11. The maximum atomic E-state index is 4.39. The molecule has 1 heterocycles. The third kappa shape index (κ3) is 2.30. The number of hydrogen-bond acceptors (Lipinski definition) is 2. The topological polar surface area (TPSA) is 12.4 Å². The zero-order valence-corrected chi connectivity index (χ0v) is 8.79. The Hall–Kier alpha value is -1.41. The minimum absolute atomic E-state index is 1.01. The molecule has 1 aromatic heterocycles. The van der Waals surface area contributed by atoms with E-state index in [0.29, 0.717) is 0 Å². The van der Waals surface area contributed by atoms with Crippen molar-refractivity contribution in [3.05, 3.63) is 52.2 Å². The smallest absolute Gasteiger partial charge is 0.0632 e. The zero-order chi connectivity index (χ0) is 9.80. The summed E-state index contributed by atoms with van der Waals surface area (Å²) in [5, 5.41) is 2.05. The molecule has 0 amide bonds. The molecular formula is C12H11NS. The van der Waals surface area contributed by atoms with E-state index in [1.54, 1.807) is 11.3 Å². The molecule has 0 fully saturated rings. The molecule has 2 aromatic rings. The van der Waals surface area contributed by atoms with Gasteiger partial charge in [0.2, 0.25) is 0 Å². The molecule has 0 spiro atoms. The average Bonchev–Trinajstić information content (AvgIpc) is 2.67. The zero-order valence-electron chi connectivity index (χ0n) is 7.97. The van der Waals surface area contributed by atoms with Crippen molar-refractivity contribution >= 4 is 23.2 Å². The van der Waals surface area contributed by atoms with Gasteiger partial charge in [-0.2, -0.15) is 0 Å². The maximum Gasteiger partial charge on any atom is 0.0632 e. The predicted octanol–water partition coefficient (Wildman–Crippen LogP) is 3.81. The number of nitrogens with zero attached hydrogens (tertiary/aromatic N) is 1. The molecule has 1 nitrogen and oxygen atoms in total. The first kappa shape index (κ1) is 9.16. The van der Waals surface area contributed by atoms with Gasteiger partial charge in [-0.3, -0.25) is 4.99 Å². The first-order valence-electron chi connectivity index (χ1n) is 4.49. The van der Waals surface area contributed by atoms with Crippen LogP contribution in [0.3, 0.4) is 0 Å². The summed E-state index contributed by atoms with van der Waals surface area (Å²) in [5.41, 5.74) is 2.25. The van der Waals surface area contributed by atoms with Gasteiger partial charge in [0.25, 0.3) is 0 Å².